The number of fused-ring (bicyclic) bond motifs is 4. The molecule has 4 atom stereocenters. The summed E-state index contributed by atoms with van der Waals surface area (Å²) in [7, 11) is 1.35. The third-order valence-corrected chi connectivity index (χ3v) is 7.42. The number of ether oxygens (including phenoxy) is 2. The zero-order valence-corrected chi connectivity index (χ0v) is 19.4. The molecule has 0 aliphatic heterocycles. The lowest BCUT2D eigenvalue weighted by Crippen LogP contribution is -2.41. The number of hydrogen-bond acceptors (Lipinski definition) is 6. The van der Waals surface area contributed by atoms with Crippen LogP contribution >= 0.6 is 0 Å². The van der Waals surface area contributed by atoms with Crippen LogP contribution in [0.4, 0.5) is 4.79 Å². The molecule has 0 heterocycles. The van der Waals surface area contributed by atoms with Crippen LogP contribution in [-0.2, 0) is 23.9 Å². The number of aliphatic carboxylic acids is 1. The second kappa shape index (κ2) is 9.31. The fraction of sp³-hybridized carbons (Fsp3) is 0.423. The molecule has 0 saturated heterocycles. The third-order valence-electron chi connectivity index (χ3n) is 7.42. The van der Waals surface area contributed by atoms with Crippen molar-refractivity contribution in [3.05, 3.63) is 59.7 Å². The minimum absolute atomic E-state index is 0.0197. The molecule has 4 unspecified atom stereocenters. The summed E-state index contributed by atoms with van der Waals surface area (Å²) in [5.41, 5.74) is 6.27. The largest absolute Gasteiger partial charge is 0.479 e. The highest BCUT2D eigenvalue weighted by Gasteiger charge is 2.65. The second-order valence-corrected chi connectivity index (χ2v) is 9.50. The van der Waals surface area contributed by atoms with Crippen molar-refractivity contribution in [2.75, 3.05) is 20.3 Å². The molecule has 3 aliphatic carbocycles. The van der Waals surface area contributed by atoms with Crippen LogP contribution < -0.4 is 10.8 Å². The van der Waals surface area contributed by atoms with Gasteiger partial charge in [-0.3, -0.25) is 9.63 Å². The highest BCUT2D eigenvalue weighted by atomic mass is 16.7. The highest BCUT2D eigenvalue weighted by molar-refractivity contribution is 5.86. The number of nitrogens with one attached hydrogen (secondary N) is 2. The van der Waals surface area contributed by atoms with Gasteiger partial charge in [0.2, 0.25) is 12.0 Å². The minimum atomic E-state index is -1.28. The van der Waals surface area contributed by atoms with E-state index >= 15 is 0 Å². The number of carbonyl (C=O) groups excluding carboxylic acids is 2. The van der Waals surface area contributed by atoms with Crippen LogP contribution in [0.25, 0.3) is 11.1 Å². The van der Waals surface area contributed by atoms with E-state index in [-0.39, 0.29) is 37.0 Å². The smallest absolute Gasteiger partial charge is 0.407 e. The summed E-state index contributed by atoms with van der Waals surface area (Å²) in [5.74, 6) is -1.48. The molecular formula is C26H28N2O7. The van der Waals surface area contributed by atoms with Gasteiger partial charge in [-0.25, -0.2) is 15.1 Å². The van der Waals surface area contributed by atoms with Crippen molar-refractivity contribution < 1.29 is 33.8 Å². The Balaban J connectivity index is 1.14. The van der Waals surface area contributed by atoms with Gasteiger partial charge < -0.3 is 19.9 Å². The fourth-order valence-corrected chi connectivity index (χ4v) is 5.63. The average Bonchev–Trinajstić information content (AvgIpc) is 3.28. The van der Waals surface area contributed by atoms with E-state index in [1.165, 1.54) is 18.2 Å². The maximum absolute atomic E-state index is 12.7. The van der Waals surface area contributed by atoms with E-state index in [1.54, 1.807) is 0 Å². The van der Waals surface area contributed by atoms with Gasteiger partial charge in [0, 0.05) is 19.1 Å². The van der Waals surface area contributed by atoms with Crippen molar-refractivity contribution in [3.8, 4) is 11.1 Å². The summed E-state index contributed by atoms with van der Waals surface area (Å²) < 4.78 is 10.4. The number of methoxy groups -OCH3 is 1. The van der Waals surface area contributed by atoms with E-state index in [0.717, 1.165) is 11.1 Å². The first-order valence-electron chi connectivity index (χ1n) is 11.7. The van der Waals surface area contributed by atoms with Crippen molar-refractivity contribution in [3.63, 3.8) is 0 Å². The maximum Gasteiger partial charge on any atom is 0.407 e. The monoisotopic (exact) mass is 480 g/mol. The maximum atomic E-state index is 12.7. The third kappa shape index (κ3) is 4.37. The zero-order valence-electron chi connectivity index (χ0n) is 19.4. The van der Waals surface area contributed by atoms with Crippen LogP contribution in [0.2, 0.25) is 0 Å². The predicted octanol–water partition coefficient (Wildman–Crippen LogP) is 2.84. The van der Waals surface area contributed by atoms with Gasteiger partial charge in [-0.05, 0) is 47.4 Å². The number of carboxylic acid groups (broad SMARTS) is 1. The number of hydroxylamine groups is 1. The molecule has 9 heteroatoms. The van der Waals surface area contributed by atoms with Gasteiger partial charge in [-0.1, -0.05) is 48.5 Å². The Morgan fingerprint density at radius 3 is 2.34 bits per heavy atom. The number of rotatable bonds is 9. The van der Waals surface area contributed by atoms with E-state index in [9.17, 15) is 14.4 Å². The fourth-order valence-electron chi connectivity index (χ4n) is 5.63. The van der Waals surface area contributed by atoms with Crippen LogP contribution in [0.5, 0.6) is 0 Å². The molecule has 184 valence electrons. The van der Waals surface area contributed by atoms with Gasteiger partial charge >= 0.3 is 12.1 Å². The first kappa shape index (κ1) is 23.3. The normalized spacial score (nSPS) is 24.6. The van der Waals surface area contributed by atoms with Gasteiger partial charge in [0.25, 0.3) is 0 Å². The molecule has 9 nitrogen and oxygen atoms in total. The molecule has 0 spiro atoms. The zero-order chi connectivity index (χ0) is 24.6. The molecule has 0 radical (unpaired) electrons. The van der Waals surface area contributed by atoms with Crippen molar-refractivity contribution >= 4 is 18.0 Å². The van der Waals surface area contributed by atoms with E-state index in [0.29, 0.717) is 19.3 Å². The van der Waals surface area contributed by atoms with Gasteiger partial charge in [0.05, 0.1) is 12.0 Å². The molecular weight excluding hydrogens is 452 g/mol. The van der Waals surface area contributed by atoms with Gasteiger partial charge in [0.15, 0.2) is 0 Å². The summed E-state index contributed by atoms with van der Waals surface area (Å²) >= 11 is 0. The first-order valence-corrected chi connectivity index (χ1v) is 11.7. The number of carbonyl (C=O) groups is 3. The SMILES string of the molecule is COCC(ONC(=O)C12CC(NC(=O)OCC3c4ccccc4-c4ccccc43)CC1C2)C(=O)O. The van der Waals surface area contributed by atoms with Crippen molar-refractivity contribution in [1.29, 1.82) is 0 Å². The molecule has 2 saturated carbocycles. The molecule has 3 aliphatic rings. The lowest BCUT2D eigenvalue weighted by molar-refractivity contribution is -0.166. The number of alkyl carbamates (subject to hydrolysis) is 1. The van der Waals surface area contributed by atoms with Gasteiger partial charge in [-0.2, -0.15) is 0 Å². The van der Waals surface area contributed by atoms with Gasteiger partial charge in [0.1, 0.15) is 6.61 Å². The molecule has 35 heavy (non-hydrogen) atoms. The summed E-state index contributed by atoms with van der Waals surface area (Å²) in [5, 5.41) is 12.0. The van der Waals surface area contributed by atoms with Crippen LogP contribution in [0.1, 0.15) is 36.3 Å². The van der Waals surface area contributed by atoms with Crippen molar-refractivity contribution in [1.82, 2.24) is 10.8 Å². The molecule has 2 fully saturated rings. The molecule has 2 aromatic carbocycles. The lowest BCUT2D eigenvalue weighted by Gasteiger charge is -2.20. The Morgan fingerprint density at radius 2 is 1.71 bits per heavy atom. The predicted molar refractivity (Wildman–Crippen MR) is 124 cm³/mol. The Morgan fingerprint density at radius 1 is 1.06 bits per heavy atom. The quantitative estimate of drug-likeness (QED) is 0.472. The number of amides is 2. The van der Waals surface area contributed by atoms with Gasteiger partial charge in [-0.15, -0.1) is 0 Å². The average molecular weight is 481 g/mol. The Bertz CT molecular complexity index is 1110. The molecule has 5 rings (SSSR count). The molecule has 2 aromatic rings. The van der Waals surface area contributed by atoms with Crippen LogP contribution in [0, 0.1) is 11.3 Å². The summed E-state index contributed by atoms with van der Waals surface area (Å²) in [6.45, 7) is 0.0452. The van der Waals surface area contributed by atoms with E-state index in [4.69, 9.17) is 19.4 Å². The van der Waals surface area contributed by atoms with Crippen LogP contribution in [0.15, 0.2) is 48.5 Å². The van der Waals surface area contributed by atoms with E-state index in [1.807, 2.05) is 24.3 Å². The summed E-state index contributed by atoms with van der Waals surface area (Å²) in [6, 6.07) is 16.1. The minimum Gasteiger partial charge on any atom is -0.479 e. The van der Waals surface area contributed by atoms with E-state index < -0.39 is 23.6 Å². The second-order valence-electron chi connectivity index (χ2n) is 9.50. The topological polar surface area (TPSA) is 123 Å². The standard InChI is InChI=1S/C26H28N2O7/c1-33-14-22(23(29)30)35-28-24(31)26-11-15(26)10-16(12-26)27-25(32)34-13-21-19-8-4-2-6-17(19)18-7-3-5-9-20(18)21/h2-9,15-16,21-22H,10-14H2,1H3,(H,27,32)(H,28,31)(H,29,30). The van der Waals surface area contributed by atoms with Crippen LogP contribution in [0.3, 0.4) is 0 Å². The summed E-state index contributed by atoms with van der Waals surface area (Å²) in [6.07, 6.45) is 0.0224. The summed E-state index contributed by atoms with van der Waals surface area (Å²) in [4.78, 5) is 41.5. The first-order chi connectivity index (χ1) is 16.9. The van der Waals surface area contributed by atoms with Crippen molar-refractivity contribution in [2.24, 2.45) is 11.3 Å². The van der Waals surface area contributed by atoms with Crippen LogP contribution in [-0.4, -0.2) is 55.5 Å². The van der Waals surface area contributed by atoms with E-state index in [2.05, 4.69) is 35.1 Å². The Kier molecular flexibility index (Phi) is 6.21. The highest BCUT2D eigenvalue weighted by Crippen LogP contribution is 2.63. The lowest BCUT2D eigenvalue weighted by atomic mass is 9.98. The number of benzene rings is 2. The molecule has 0 bridgehead atoms. The molecule has 0 aromatic heterocycles. The number of hydrogen-bond donors (Lipinski definition) is 3. The Hall–Kier alpha value is -3.43. The van der Waals surface area contributed by atoms with Crippen molar-refractivity contribution in [2.45, 2.75) is 37.3 Å². The molecule has 3 N–H and O–H groups in total. The molecule has 2 amide bonds. The Labute approximate surface area is 202 Å². The number of carboxylic acids is 1.